The molecular formula is C16H22N2O4. The predicted octanol–water partition coefficient (Wildman–Crippen LogP) is 2.06. The Hall–Kier alpha value is -2.21. The van der Waals surface area contributed by atoms with E-state index in [0.717, 1.165) is 0 Å². The van der Waals surface area contributed by atoms with Gasteiger partial charge in [-0.25, -0.2) is 0 Å². The zero-order chi connectivity index (χ0) is 16.7. The Morgan fingerprint density at radius 2 is 1.86 bits per heavy atom. The molecule has 1 aromatic carbocycles. The second kappa shape index (κ2) is 8.29. The lowest BCUT2D eigenvalue weighted by Gasteiger charge is -2.20. The standard InChI is InChI=1S/C16H22N2O4/c1-4-7-14(16(21)22)17-10(2)15(20)18-13-9-6-5-8-12(13)11(3)19/h5-6,8-10,14,17H,4,7H2,1-3H3,(H,18,20)(H,21,22). The van der Waals surface area contributed by atoms with Crippen LogP contribution in [0.1, 0.15) is 44.0 Å². The molecule has 0 saturated carbocycles. The van der Waals surface area contributed by atoms with Crippen LogP contribution >= 0.6 is 0 Å². The topological polar surface area (TPSA) is 95.5 Å². The molecule has 22 heavy (non-hydrogen) atoms. The molecule has 1 rings (SSSR count). The van der Waals surface area contributed by atoms with Gasteiger partial charge < -0.3 is 10.4 Å². The van der Waals surface area contributed by atoms with Crippen molar-refractivity contribution >= 4 is 23.3 Å². The van der Waals surface area contributed by atoms with Gasteiger partial charge in [0.25, 0.3) is 0 Å². The second-order valence-corrected chi connectivity index (χ2v) is 5.16. The highest BCUT2D eigenvalue weighted by atomic mass is 16.4. The zero-order valence-electron chi connectivity index (χ0n) is 13.1. The molecule has 6 heteroatoms. The first-order valence-electron chi connectivity index (χ1n) is 7.26. The molecule has 3 N–H and O–H groups in total. The molecule has 6 nitrogen and oxygen atoms in total. The van der Waals surface area contributed by atoms with Crippen LogP contribution in [-0.2, 0) is 9.59 Å². The van der Waals surface area contributed by atoms with Crippen LogP contribution in [0.4, 0.5) is 5.69 Å². The Bertz CT molecular complexity index is 557. The summed E-state index contributed by atoms with van der Waals surface area (Å²) in [7, 11) is 0. The Morgan fingerprint density at radius 1 is 1.23 bits per heavy atom. The number of carboxylic acids is 1. The van der Waals surface area contributed by atoms with Crippen LogP contribution in [0.5, 0.6) is 0 Å². The number of hydrogen-bond donors (Lipinski definition) is 3. The maximum atomic E-state index is 12.2. The van der Waals surface area contributed by atoms with Gasteiger partial charge in [0.2, 0.25) is 5.91 Å². The number of hydrogen-bond acceptors (Lipinski definition) is 4. The Kier molecular flexibility index (Phi) is 6.72. The summed E-state index contributed by atoms with van der Waals surface area (Å²) in [6, 6.07) is 5.25. The minimum atomic E-state index is -0.981. The number of carbonyl (C=O) groups excluding carboxylic acids is 2. The van der Waals surface area contributed by atoms with E-state index in [1.807, 2.05) is 6.92 Å². The van der Waals surface area contributed by atoms with Crippen molar-refractivity contribution < 1.29 is 19.5 Å². The first-order valence-corrected chi connectivity index (χ1v) is 7.26. The lowest BCUT2D eigenvalue weighted by atomic mass is 10.1. The molecule has 0 fully saturated rings. The molecule has 0 saturated heterocycles. The fourth-order valence-electron chi connectivity index (χ4n) is 2.08. The van der Waals surface area contributed by atoms with Crippen LogP contribution < -0.4 is 10.6 Å². The average molecular weight is 306 g/mol. The molecule has 1 amide bonds. The number of amides is 1. The lowest BCUT2D eigenvalue weighted by Crippen LogP contribution is -2.47. The fraction of sp³-hybridized carbons (Fsp3) is 0.438. The van der Waals surface area contributed by atoms with Crippen molar-refractivity contribution in [3.05, 3.63) is 29.8 Å². The van der Waals surface area contributed by atoms with Gasteiger partial charge in [0.15, 0.2) is 5.78 Å². The van der Waals surface area contributed by atoms with E-state index in [2.05, 4.69) is 10.6 Å². The van der Waals surface area contributed by atoms with Crippen LogP contribution in [0, 0.1) is 0 Å². The molecule has 2 atom stereocenters. The number of aliphatic carboxylic acids is 1. The van der Waals surface area contributed by atoms with Crippen molar-refractivity contribution in [2.45, 2.75) is 45.7 Å². The molecule has 0 aliphatic heterocycles. The smallest absolute Gasteiger partial charge is 0.320 e. The zero-order valence-corrected chi connectivity index (χ0v) is 13.1. The van der Waals surface area contributed by atoms with E-state index in [-0.39, 0.29) is 11.7 Å². The highest BCUT2D eigenvalue weighted by Gasteiger charge is 2.23. The number of anilines is 1. The van der Waals surface area contributed by atoms with E-state index < -0.39 is 18.1 Å². The third kappa shape index (κ3) is 4.96. The van der Waals surface area contributed by atoms with Crippen molar-refractivity contribution in [3.8, 4) is 0 Å². The van der Waals surface area contributed by atoms with Crippen LogP contribution in [0.3, 0.4) is 0 Å². The van der Waals surface area contributed by atoms with Gasteiger partial charge in [-0.2, -0.15) is 0 Å². The third-order valence-corrected chi connectivity index (χ3v) is 3.28. The van der Waals surface area contributed by atoms with Gasteiger partial charge in [-0.3, -0.25) is 19.7 Å². The molecule has 120 valence electrons. The Balaban J connectivity index is 2.76. The Labute approximate surface area is 129 Å². The number of carboxylic acid groups (broad SMARTS) is 1. The summed E-state index contributed by atoms with van der Waals surface area (Å²) in [5, 5.41) is 14.6. The molecule has 0 heterocycles. The van der Waals surface area contributed by atoms with Gasteiger partial charge >= 0.3 is 5.97 Å². The lowest BCUT2D eigenvalue weighted by molar-refractivity contribution is -0.140. The van der Waals surface area contributed by atoms with Gasteiger partial charge in [0, 0.05) is 5.56 Å². The van der Waals surface area contributed by atoms with Crippen molar-refractivity contribution in [2.75, 3.05) is 5.32 Å². The summed E-state index contributed by atoms with van der Waals surface area (Å²) in [6.07, 6.45) is 1.14. The maximum Gasteiger partial charge on any atom is 0.320 e. The molecule has 0 aliphatic carbocycles. The molecule has 0 aromatic heterocycles. The molecule has 0 spiro atoms. The van der Waals surface area contributed by atoms with Crippen molar-refractivity contribution in [1.82, 2.24) is 5.32 Å². The highest BCUT2D eigenvalue weighted by molar-refractivity contribution is 6.04. The summed E-state index contributed by atoms with van der Waals surface area (Å²) in [6.45, 7) is 4.90. The SMILES string of the molecule is CCCC(NC(C)C(=O)Nc1ccccc1C(C)=O)C(=O)O. The maximum absolute atomic E-state index is 12.2. The predicted molar refractivity (Wildman–Crippen MR) is 84.0 cm³/mol. The van der Waals surface area contributed by atoms with Crippen LogP contribution in [0.2, 0.25) is 0 Å². The van der Waals surface area contributed by atoms with Gasteiger partial charge in [-0.1, -0.05) is 25.5 Å². The number of rotatable bonds is 8. The summed E-state index contributed by atoms with van der Waals surface area (Å²) >= 11 is 0. The summed E-state index contributed by atoms with van der Waals surface area (Å²) in [5.41, 5.74) is 0.849. The van der Waals surface area contributed by atoms with E-state index in [4.69, 9.17) is 5.11 Å². The molecule has 2 unspecified atom stereocenters. The first kappa shape index (κ1) is 17.8. The van der Waals surface area contributed by atoms with E-state index >= 15 is 0 Å². The van der Waals surface area contributed by atoms with Crippen LogP contribution in [0.15, 0.2) is 24.3 Å². The van der Waals surface area contributed by atoms with Crippen molar-refractivity contribution in [2.24, 2.45) is 0 Å². The molecule has 0 aliphatic rings. The first-order chi connectivity index (χ1) is 10.4. The molecule has 0 radical (unpaired) electrons. The van der Waals surface area contributed by atoms with E-state index in [9.17, 15) is 14.4 Å². The second-order valence-electron chi connectivity index (χ2n) is 5.16. The van der Waals surface area contributed by atoms with Crippen LogP contribution in [-0.4, -0.2) is 34.8 Å². The minimum Gasteiger partial charge on any atom is -0.480 e. The number of para-hydroxylation sites is 1. The van der Waals surface area contributed by atoms with Gasteiger partial charge in [0.1, 0.15) is 6.04 Å². The molecule has 1 aromatic rings. The monoisotopic (exact) mass is 306 g/mol. The Morgan fingerprint density at radius 3 is 2.41 bits per heavy atom. The molecule has 0 bridgehead atoms. The number of benzene rings is 1. The minimum absolute atomic E-state index is 0.147. The van der Waals surface area contributed by atoms with E-state index in [0.29, 0.717) is 24.1 Å². The average Bonchev–Trinajstić information content (AvgIpc) is 2.46. The summed E-state index contributed by atoms with van der Waals surface area (Å²) in [5.74, 6) is -1.51. The number of Topliss-reactive ketones (excluding diaryl/α,β-unsaturated/α-hetero) is 1. The van der Waals surface area contributed by atoms with Crippen molar-refractivity contribution in [1.29, 1.82) is 0 Å². The number of ketones is 1. The summed E-state index contributed by atoms with van der Waals surface area (Å²) in [4.78, 5) is 34.8. The number of nitrogens with one attached hydrogen (secondary N) is 2. The quantitative estimate of drug-likeness (QED) is 0.639. The van der Waals surface area contributed by atoms with E-state index in [1.54, 1.807) is 31.2 Å². The van der Waals surface area contributed by atoms with Crippen LogP contribution in [0.25, 0.3) is 0 Å². The van der Waals surface area contributed by atoms with Gasteiger partial charge in [-0.15, -0.1) is 0 Å². The van der Waals surface area contributed by atoms with Gasteiger partial charge in [-0.05, 0) is 32.4 Å². The van der Waals surface area contributed by atoms with Gasteiger partial charge in [0.05, 0.1) is 11.7 Å². The molecular weight excluding hydrogens is 284 g/mol. The third-order valence-electron chi connectivity index (χ3n) is 3.28. The summed E-state index contributed by atoms with van der Waals surface area (Å²) < 4.78 is 0. The van der Waals surface area contributed by atoms with Crippen molar-refractivity contribution in [3.63, 3.8) is 0 Å². The normalized spacial score (nSPS) is 13.2. The number of carbonyl (C=O) groups is 3. The highest BCUT2D eigenvalue weighted by Crippen LogP contribution is 2.15. The van der Waals surface area contributed by atoms with E-state index in [1.165, 1.54) is 6.92 Å². The largest absolute Gasteiger partial charge is 0.480 e. The fourth-order valence-corrected chi connectivity index (χ4v) is 2.08.